The first kappa shape index (κ1) is 12.6. The summed E-state index contributed by atoms with van der Waals surface area (Å²) in [4.78, 5) is 0. The number of aliphatic hydroxyl groups excluding tert-OH is 1. The van der Waals surface area contributed by atoms with Crippen LogP contribution in [0.15, 0.2) is 48.5 Å². The van der Waals surface area contributed by atoms with Crippen molar-refractivity contribution in [2.24, 2.45) is 0 Å². The van der Waals surface area contributed by atoms with Crippen LogP contribution in [0.3, 0.4) is 0 Å². The lowest BCUT2D eigenvalue weighted by Gasteiger charge is -2.04. The van der Waals surface area contributed by atoms with E-state index in [0.717, 1.165) is 11.1 Å². The molecule has 3 nitrogen and oxygen atoms in total. The lowest BCUT2D eigenvalue weighted by molar-refractivity contribution is 0.140. The molecule has 0 aliphatic carbocycles. The summed E-state index contributed by atoms with van der Waals surface area (Å²) < 4.78 is 10.9. The van der Waals surface area contributed by atoms with Crippen LogP contribution in [0.5, 0.6) is 11.5 Å². The van der Waals surface area contributed by atoms with E-state index in [1.807, 2.05) is 42.5 Å². The summed E-state index contributed by atoms with van der Waals surface area (Å²) in [6, 6.07) is 15.2. The number of rotatable bonds is 2. The second kappa shape index (κ2) is 5.68. The second-order valence-electron chi connectivity index (χ2n) is 4.48. The summed E-state index contributed by atoms with van der Waals surface area (Å²) in [7, 11) is 0. The van der Waals surface area contributed by atoms with Gasteiger partial charge in [-0.05, 0) is 24.3 Å². The van der Waals surface area contributed by atoms with E-state index in [1.54, 1.807) is 6.07 Å². The summed E-state index contributed by atoms with van der Waals surface area (Å²) >= 11 is 0. The molecule has 3 rings (SSSR count). The molecule has 1 aliphatic rings. The summed E-state index contributed by atoms with van der Waals surface area (Å²) in [5.41, 5.74) is 1.78. The Labute approximate surface area is 117 Å². The monoisotopic (exact) mass is 266 g/mol. The number of aliphatic hydroxyl groups is 1. The van der Waals surface area contributed by atoms with E-state index < -0.39 is 6.10 Å². The standard InChI is InChI=1S/C17H14O3/c18-16-12-20-17-11-14(8-9-15(16)17)19-10-4-7-13-5-2-1-3-6-13/h1-3,5-6,8-9,11,16,18H,10,12H2. The van der Waals surface area contributed by atoms with Gasteiger partial charge in [-0.3, -0.25) is 0 Å². The lowest BCUT2D eigenvalue weighted by Crippen LogP contribution is -1.97. The predicted molar refractivity (Wildman–Crippen MR) is 75.7 cm³/mol. The van der Waals surface area contributed by atoms with Gasteiger partial charge >= 0.3 is 0 Å². The molecule has 2 aromatic carbocycles. The minimum Gasteiger partial charge on any atom is -0.490 e. The molecule has 1 unspecified atom stereocenters. The van der Waals surface area contributed by atoms with E-state index in [0.29, 0.717) is 24.7 Å². The van der Waals surface area contributed by atoms with Crippen LogP contribution in [0, 0.1) is 11.8 Å². The van der Waals surface area contributed by atoms with Gasteiger partial charge in [-0.15, -0.1) is 0 Å². The average Bonchev–Trinajstić information content (AvgIpc) is 2.86. The Hall–Kier alpha value is -2.44. The van der Waals surface area contributed by atoms with Crippen LogP contribution in [-0.2, 0) is 0 Å². The van der Waals surface area contributed by atoms with Crippen molar-refractivity contribution in [3.63, 3.8) is 0 Å². The van der Waals surface area contributed by atoms with Crippen LogP contribution >= 0.6 is 0 Å². The Morgan fingerprint density at radius 1 is 1.20 bits per heavy atom. The molecule has 0 spiro atoms. The fourth-order valence-electron chi connectivity index (χ4n) is 2.04. The number of hydrogen-bond acceptors (Lipinski definition) is 3. The Morgan fingerprint density at radius 3 is 2.90 bits per heavy atom. The second-order valence-corrected chi connectivity index (χ2v) is 4.48. The lowest BCUT2D eigenvalue weighted by atomic mass is 10.1. The maximum Gasteiger partial charge on any atom is 0.149 e. The quantitative estimate of drug-likeness (QED) is 0.849. The van der Waals surface area contributed by atoms with E-state index in [2.05, 4.69) is 11.8 Å². The smallest absolute Gasteiger partial charge is 0.149 e. The Bertz CT molecular complexity index is 653. The molecule has 100 valence electrons. The van der Waals surface area contributed by atoms with Crippen molar-refractivity contribution in [3.8, 4) is 23.3 Å². The minimum absolute atomic E-state index is 0.312. The predicted octanol–water partition coefficient (Wildman–Crippen LogP) is 2.54. The molecular formula is C17H14O3. The third-order valence-corrected chi connectivity index (χ3v) is 3.06. The third-order valence-electron chi connectivity index (χ3n) is 3.06. The molecule has 2 aromatic rings. The van der Waals surface area contributed by atoms with E-state index in [1.165, 1.54) is 0 Å². The van der Waals surface area contributed by atoms with Crippen LogP contribution in [0.1, 0.15) is 17.2 Å². The van der Waals surface area contributed by atoms with Gasteiger partial charge < -0.3 is 14.6 Å². The first-order chi connectivity index (χ1) is 9.83. The largest absolute Gasteiger partial charge is 0.490 e. The first-order valence-corrected chi connectivity index (χ1v) is 6.44. The Kier molecular flexibility index (Phi) is 3.58. The molecule has 3 heteroatoms. The van der Waals surface area contributed by atoms with E-state index in [9.17, 15) is 5.11 Å². The molecule has 20 heavy (non-hydrogen) atoms. The Balaban J connectivity index is 1.61. The van der Waals surface area contributed by atoms with Crippen molar-refractivity contribution in [2.45, 2.75) is 6.10 Å². The van der Waals surface area contributed by atoms with Crippen molar-refractivity contribution in [2.75, 3.05) is 13.2 Å². The highest BCUT2D eigenvalue weighted by Gasteiger charge is 2.21. The van der Waals surface area contributed by atoms with Crippen molar-refractivity contribution in [3.05, 3.63) is 59.7 Å². The van der Waals surface area contributed by atoms with Crippen molar-refractivity contribution in [1.29, 1.82) is 0 Å². The van der Waals surface area contributed by atoms with E-state index >= 15 is 0 Å². The van der Waals surface area contributed by atoms with Crippen LogP contribution in [0.4, 0.5) is 0 Å². The van der Waals surface area contributed by atoms with Crippen molar-refractivity contribution < 1.29 is 14.6 Å². The van der Waals surface area contributed by atoms with Gasteiger partial charge in [0.2, 0.25) is 0 Å². The molecule has 0 amide bonds. The zero-order chi connectivity index (χ0) is 13.8. The van der Waals surface area contributed by atoms with Gasteiger partial charge in [0, 0.05) is 17.2 Å². The third kappa shape index (κ3) is 2.76. The maximum atomic E-state index is 9.62. The van der Waals surface area contributed by atoms with Gasteiger partial charge in [0.1, 0.15) is 30.8 Å². The van der Waals surface area contributed by atoms with Gasteiger partial charge in [-0.2, -0.15) is 0 Å². The van der Waals surface area contributed by atoms with Crippen LogP contribution < -0.4 is 9.47 Å². The molecular weight excluding hydrogens is 252 g/mol. The molecule has 0 saturated carbocycles. The molecule has 0 saturated heterocycles. The van der Waals surface area contributed by atoms with Gasteiger partial charge in [-0.25, -0.2) is 0 Å². The molecule has 1 N–H and O–H groups in total. The summed E-state index contributed by atoms with van der Waals surface area (Å²) in [6.45, 7) is 0.628. The number of benzene rings is 2. The zero-order valence-electron chi connectivity index (χ0n) is 10.9. The van der Waals surface area contributed by atoms with Crippen LogP contribution in [-0.4, -0.2) is 18.3 Å². The SMILES string of the molecule is OC1COc2cc(OCC#Cc3ccccc3)ccc21. The fourth-order valence-corrected chi connectivity index (χ4v) is 2.04. The number of ether oxygens (including phenoxy) is 2. The minimum atomic E-state index is -0.531. The maximum absolute atomic E-state index is 9.62. The highest BCUT2D eigenvalue weighted by molar-refractivity contribution is 5.44. The molecule has 1 atom stereocenters. The Morgan fingerprint density at radius 2 is 2.05 bits per heavy atom. The highest BCUT2D eigenvalue weighted by atomic mass is 16.5. The van der Waals surface area contributed by atoms with Gasteiger partial charge in [0.15, 0.2) is 0 Å². The summed E-state index contributed by atoms with van der Waals surface area (Å²) in [5, 5.41) is 9.62. The molecule has 0 bridgehead atoms. The first-order valence-electron chi connectivity index (χ1n) is 6.44. The molecule has 0 fully saturated rings. The van der Waals surface area contributed by atoms with E-state index in [4.69, 9.17) is 9.47 Å². The van der Waals surface area contributed by atoms with Crippen molar-refractivity contribution >= 4 is 0 Å². The van der Waals surface area contributed by atoms with E-state index in [-0.39, 0.29) is 0 Å². The summed E-state index contributed by atoms with van der Waals surface area (Å²) in [6.07, 6.45) is -0.531. The number of fused-ring (bicyclic) bond motifs is 1. The van der Waals surface area contributed by atoms with Crippen LogP contribution in [0.25, 0.3) is 0 Å². The average molecular weight is 266 g/mol. The van der Waals surface area contributed by atoms with Crippen LogP contribution in [0.2, 0.25) is 0 Å². The number of hydrogen-bond donors (Lipinski definition) is 1. The van der Waals surface area contributed by atoms with Gasteiger partial charge in [0.25, 0.3) is 0 Å². The normalized spacial score (nSPS) is 15.8. The highest BCUT2D eigenvalue weighted by Crippen LogP contribution is 2.34. The fraction of sp³-hybridized carbons (Fsp3) is 0.176. The molecule has 1 heterocycles. The zero-order valence-corrected chi connectivity index (χ0v) is 10.9. The topological polar surface area (TPSA) is 38.7 Å². The van der Waals surface area contributed by atoms with Gasteiger partial charge in [-0.1, -0.05) is 30.0 Å². The molecule has 0 radical (unpaired) electrons. The van der Waals surface area contributed by atoms with Crippen molar-refractivity contribution in [1.82, 2.24) is 0 Å². The van der Waals surface area contributed by atoms with Gasteiger partial charge in [0.05, 0.1) is 0 Å². The molecule has 1 aliphatic heterocycles. The summed E-state index contributed by atoms with van der Waals surface area (Å²) in [5.74, 6) is 7.37. The molecule has 0 aromatic heterocycles.